The average molecular weight is 271 g/mol. The lowest BCUT2D eigenvalue weighted by molar-refractivity contribution is 0.155. The zero-order chi connectivity index (χ0) is 13.1. The molecule has 0 radical (unpaired) electrons. The first kappa shape index (κ1) is 13.3. The summed E-state index contributed by atoms with van der Waals surface area (Å²) in [6.07, 6.45) is 2.39. The smallest absolute Gasteiger partial charge is 0.322 e. The van der Waals surface area contributed by atoms with Crippen LogP contribution >= 0.6 is 11.6 Å². The second-order valence-electron chi connectivity index (χ2n) is 4.95. The predicted octanol–water partition coefficient (Wildman–Crippen LogP) is 2.55. The van der Waals surface area contributed by atoms with Gasteiger partial charge in [-0.2, -0.15) is 15.0 Å². The fraction of sp³-hybridized carbons (Fsp3) is 0.750. The largest absolute Gasteiger partial charge is 0.460 e. The van der Waals surface area contributed by atoms with Crippen LogP contribution < -0.4 is 9.64 Å². The zero-order valence-electron chi connectivity index (χ0n) is 11.1. The van der Waals surface area contributed by atoms with E-state index in [2.05, 4.69) is 33.7 Å². The summed E-state index contributed by atoms with van der Waals surface area (Å²) in [5.74, 6) is 1.02. The minimum atomic E-state index is 0.0508. The summed E-state index contributed by atoms with van der Waals surface area (Å²) in [4.78, 5) is 14.6. The highest BCUT2D eigenvalue weighted by Crippen LogP contribution is 2.20. The summed E-state index contributed by atoms with van der Waals surface area (Å²) in [7, 11) is 0. The monoisotopic (exact) mass is 270 g/mol. The maximum absolute atomic E-state index is 5.92. The van der Waals surface area contributed by atoms with Crippen molar-refractivity contribution in [1.29, 1.82) is 0 Å². The van der Waals surface area contributed by atoms with E-state index in [0.717, 1.165) is 13.1 Å². The van der Waals surface area contributed by atoms with Crippen LogP contribution in [-0.4, -0.2) is 34.1 Å². The van der Waals surface area contributed by atoms with E-state index in [1.54, 1.807) is 0 Å². The normalized spacial score (nSPS) is 17.3. The van der Waals surface area contributed by atoms with Gasteiger partial charge in [-0.1, -0.05) is 13.8 Å². The zero-order valence-corrected chi connectivity index (χ0v) is 11.8. The molecule has 0 saturated carbocycles. The van der Waals surface area contributed by atoms with Gasteiger partial charge in [0.2, 0.25) is 11.2 Å². The SMILES string of the molecule is CC(C)C(C)Oc1nc(Cl)nc(N2CCCC2)n1. The van der Waals surface area contributed by atoms with Crippen LogP contribution in [0.3, 0.4) is 0 Å². The van der Waals surface area contributed by atoms with Crippen LogP contribution in [0.15, 0.2) is 0 Å². The lowest BCUT2D eigenvalue weighted by Crippen LogP contribution is -2.23. The first-order valence-corrected chi connectivity index (χ1v) is 6.77. The molecule has 1 saturated heterocycles. The van der Waals surface area contributed by atoms with Gasteiger partial charge in [-0.25, -0.2) is 0 Å². The Balaban J connectivity index is 2.15. The Labute approximate surface area is 113 Å². The highest BCUT2D eigenvalue weighted by Gasteiger charge is 2.18. The molecule has 0 spiro atoms. The molecule has 1 atom stereocenters. The summed E-state index contributed by atoms with van der Waals surface area (Å²) in [5, 5.41) is 0.192. The van der Waals surface area contributed by atoms with Gasteiger partial charge in [-0.05, 0) is 37.3 Å². The van der Waals surface area contributed by atoms with Gasteiger partial charge in [0.15, 0.2) is 0 Å². The van der Waals surface area contributed by atoms with Crippen molar-refractivity contribution in [2.45, 2.75) is 39.7 Å². The highest BCUT2D eigenvalue weighted by molar-refractivity contribution is 6.28. The van der Waals surface area contributed by atoms with E-state index in [0.29, 0.717) is 17.9 Å². The molecule has 0 bridgehead atoms. The number of nitrogens with zero attached hydrogens (tertiary/aromatic N) is 4. The van der Waals surface area contributed by atoms with E-state index >= 15 is 0 Å². The topological polar surface area (TPSA) is 51.1 Å². The number of hydrogen-bond donors (Lipinski definition) is 0. The van der Waals surface area contributed by atoms with Crippen LogP contribution in [0, 0.1) is 5.92 Å². The Morgan fingerprint density at radius 1 is 1.11 bits per heavy atom. The lowest BCUT2D eigenvalue weighted by Gasteiger charge is -2.19. The lowest BCUT2D eigenvalue weighted by atomic mass is 10.1. The van der Waals surface area contributed by atoms with Gasteiger partial charge >= 0.3 is 6.01 Å². The van der Waals surface area contributed by atoms with Crippen molar-refractivity contribution >= 4 is 17.5 Å². The first-order chi connectivity index (χ1) is 8.56. The van der Waals surface area contributed by atoms with Crippen molar-refractivity contribution in [2.24, 2.45) is 5.92 Å². The van der Waals surface area contributed by atoms with Gasteiger partial charge in [0, 0.05) is 13.1 Å². The summed E-state index contributed by atoms with van der Waals surface area (Å²) in [6.45, 7) is 8.13. The number of rotatable bonds is 4. The third-order valence-electron chi connectivity index (χ3n) is 3.19. The number of aromatic nitrogens is 3. The number of ether oxygens (including phenoxy) is 1. The standard InChI is InChI=1S/C12H19ClN4O/c1-8(2)9(3)18-12-15-10(13)14-11(16-12)17-6-4-5-7-17/h8-9H,4-7H2,1-3H3. The molecule has 2 heterocycles. The molecular weight excluding hydrogens is 252 g/mol. The first-order valence-electron chi connectivity index (χ1n) is 6.39. The van der Waals surface area contributed by atoms with Crippen molar-refractivity contribution in [3.63, 3.8) is 0 Å². The molecule has 100 valence electrons. The van der Waals surface area contributed by atoms with E-state index in [1.807, 2.05) is 6.92 Å². The maximum atomic E-state index is 5.92. The van der Waals surface area contributed by atoms with Gasteiger partial charge in [-0.15, -0.1) is 0 Å². The molecule has 0 amide bonds. The molecule has 1 aromatic rings. The Morgan fingerprint density at radius 3 is 2.39 bits per heavy atom. The van der Waals surface area contributed by atoms with Crippen molar-refractivity contribution in [3.8, 4) is 6.01 Å². The summed E-state index contributed by atoms with van der Waals surface area (Å²) in [5.41, 5.74) is 0. The number of hydrogen-bond acceptors (Lipinski definition) is 5. The van der Waals surface area contributed by atoms with Crippen molar-refractivity contribution in [2.75, 3.05) is 18.0 Å². The molecule has 6 heteroatoms. The van der Waals surface area contributed by atoms with Gasteiger partial charge in [0.1, 0.15) is 6.10 Å². The van der Waals surface area contributed by atoms with Gasteiger partial charge < -0.3 is 9.64 Å². The molecule has 0 N–H and O–H groups in total. The predicted molar refractivity (Wildman–Crippen MR) is 71.2 cm³/mol. The summed E-state index contributed by atoms with van der Waals surface area (Å²) in [6, 6.07) is 0.318. The minimum Gasteiger partial charge on any atom is -0.460 e. The van der Waals surface area contributed by atoms with Crippen LogP contribution in [0.4, 0.5) is 5.95 Å². The van der Waals surface area contributed by atoms with Gasteiger partial charge in [0.25, 0.3) is 0 Å². The Hall–Kier alpha value is -1.10. The molecule has 2 rings (SSSR count). The molecule has 0 aliphatic carbocycles. The van der Waals surface area contributed by atoms with Crippen LogP contribution in [0.5, 0.6) is 6.01 Å². The maximum Gasteiger partial charge on any atom is 0.322 e. The van der Waals surface area contributed by atoms with E-state index in [-0.39, 0.29) is 11.4 Å². The Morgan fingerprint density at radius 2 is 1.78 bits per heavy atom. The van der Waals surface area contributed by atoms with Crippen LogP contribution in [-0.2, 0) is 0 Å². The van der Waals surface area contributed by atoms with Crippen molar-refractivity contribution in [3.05, 3.63) is 5.28 Å². The van der Waals surface area contributed by atoms with Gasteiger partial charge in [0.05, 0.1) is 0 Å². The molecule has 1 fully saturated rings. The number of halogens is 1. The molecule has 5 nitrogen and oxygen atoms in total. The summed E-state index contributed by atoms with van der Waals surface area (Å²) >= 11 is 5.92. The fourth-order valence-corrected chi connectivity index (χ4v) is 1.88. The molecule has 1 aliphatic heterocycles. The number of anilines is 1. The molecule has 18 heavy (non-hydrogen) atoms. The molecular formula is C12H19ClN4O. The van der Waals surface area contributed by atoms with Crippen molar-refractivity contribution in [1.82, 2.24) is 15.0 Å². The van der Waals surface area contributed by atoms with E-state index in [1.165, 1.54) is 12.8 Å². The third kappa shape index (κ3) is 3.22. The Bertz CT molecular complexity index is 407. The van der Waals surface area contributed by atoms with Crippen molar-refractivity contribution < 1.29 is 4.74 Å². The summed E-state index contributed by atoms with van der Waals surface area (Å²) < 4.78 is 5.68. The molecule has 0 aromatic carbocycles. The molecule has 1 aliphatic rings. The van der Waals surface area contributed by atoms with Crippen LogP contribution in [0.1, 0.15) is 33.6 Å². The molecule has 1 unspecified atom stereocenters. The van der Waals surface area contributed by atoms with E-state index in [4.69, 9.17) is 16.3 Å². The van der Waals surface area contributed by atoms with Gasteiger partial charge in [-0.3, -0.25) is 0 Å². The second-order valence-corrected chi connectivity index (χ2v) is 5.29. The van der Waals surface area contributed by atoms with E-state index in [9.17, 15) is 0 Å². The Kier molecular flexibility index (Phi) is 4.22. The van der Waals surface area contributed by atoms with Crippen LogP contribution in [0.25, 0.3) is 0 Å². The minimum absolute atomic E-state index is 0.0508. The fourth-order valence-electron chi connectivity index (χ4n) is 1.74. The highest BCUT2D eigenvalue weighted by atomic mass is 35.5. The molecule has 1 aromatic heterocycles. The van der Waals surface area contributed by atoms with E-state index < -0.39 is 0 Å². The average Bonchev–Trinajstić information content (AvgIpc) is 2.81. The second kappa shape index (κ2) is 5.69. The third-order valence-corrected chi connectivity index (χ3v) is 3.36. The quantitative estimate of drug-likeness (QED) is 0.842. The van der Waals surface area contributed by atoms with Crippen LogP contribution in [0.2, 0.25) is 5.28 Å².